The normalized spacial score (nSPS) is 13.6. The maximum Gasteiger partial charge on any atom is 0.431 e. The van der Waals surface area contributed by atoms with Crippen LogP contribution in [0.5, 0.6) is 17.2 Å². The second-order valence-electron chi connectivity index (χ2n) is 8.59. The first-order valence-electron chi connectivity index (χ1n) is 11.4. The lowest BCUT2D eigenvalue weighted by atomic mass is 9.86. The van der Waals surface area contributed by atoms with Crippen molar-refractivity contribution in [3.8, 4) is 22.9 Å². The van der Waals surface area contributed by atoms with Gasteiger partial charge in [0.25, 0.3) is 5.56 Å². The molecular formula is C25H21ClF4N2O6. The number of benzene rings is 2. The predicted molar refractivity (Wildman–Crippen MR) is 128 cm³/mol. The highest BCUT2D eigenvalue weighted by Gasteiger charge is 2.35. The molecule has 1 aliphatic rings. The number of para-hydroxylation sites is 2. The highest BCUT2D eigenvalue weighted by molar-refractivity contribution is 6.32. The van der Waals surface area contributed by atoms with Gasteiger partial charge in [0, 0.05) is 19.2 Å². The number of hydrogen-bond acceptors (Lipinski definition) is 6. The van der Waals surface area contributed by atoms with Crippen LogP contribution in [-0.4, -0.2) is 28.3 Å². The number of ether oxygens (including phenoxy) is 3. The predicted octanol–water partition coefficient (Wildman–Crippen LogP) is 4.86. The van der Waals surface area contributed by atoms with Crippen LogP contribution in [-0.2, 0) is 22.8 Å². The molecule has 2 aromatic carbocycles. The summed E-state index contributed by atoms with van der Waals surface area (Å²) >= 11 is 6.11. The number of carbonyl (C=O) groups excluding carboxylic acids is 1. The average molecular weight is 557 g/mol. The van der Waals surface area contributed by atoms with Crippen LogP contribution in [0.4, 0.5) is 17.6 Å². The van der Waals surface area contributed by atoms with Gasteiger partial charge in [0.15, 0.2) is 18.1 Å². The standard InChI is InChI=1S/C25H21ClF4N2O6/c1-31-21(25(28,29)30)11-22(33)32(24(31)35)17-10-20(15(26)9-16(17)27)38-19-8-3-2-7-18(19)36-13-23(34)37-12-14-5-4-6-14/h2-3,7-11,14H,4-6,12-13H2,1H3. The molecule has 1 saturated carbocycles. The lowest BCUT2D eigenvalue weighted by Gasteiger charge is -2.24. The molecule has 0 saturated heterocycles. The fraction of sp³-hybridized carbons (Fsp3) is 0.320. The molecule has 1 aromatic heterocycles. The SMILES string of the molecule is Cn1c(C(F)(F)F)cc(=O)n(-c2cc(Oc3ccccc3OCC(=O)OCC3CCC3)c(Cl)cc2F)c1=O. The number of nitrogens with zero attached hydrogens (tertiary/aromatic N) is 2. The summed E-state index contributed by atoms with van der Waals surface area (Å²) in [6.07, 6.45) is -1.85. The third-order valence-electron chi connectivity index (χ3n) is 5.97. The molecule has 0 atom stereocenters. The quantitative estimate of drug-likeness (QED) is 0.291. The first kappa shape index (κ1) is 27.2. The zero-order valence-electron chi connectivity index (χ0n) is 19.9. The van der Waals surface area contributed by atoms with Crippen LogP contribution < -0.4 is 20.7 Å². The third kappa shape index (κ3) is 5.85. The Morgan fingerprint density at radius 1 is 1.08 bits per heavy atom. The second-order valence-corrected chi connectivity index (χ2v) is 9.00. The van der Waals surface area contributed by atoms with E-state index in [1.165, 1.54) is 12.1 Å². The summed E-state index contributed by atoms with van der Waals surface area (Å²) in [4.78, 5) is 37.1. The first-order chi connectivity index (χ1) is 18.0. The minimum Gasteiger partial charge on any atom is -0.478 e. The molecule has 3 aromatic rings. The highest BCUT2D eigenvalue weighted by Crippen LogP contribution is 2.37. The van der Waals surface area contributed by atoms with Gasteiger partial charge in [0.2, 0.25) is 0 Å². The van der Waals surface area contributed by atoms with E-state index in [0.717, 1.165) is 38.4 Å². The lowest BCUT2D eigenvalue weighted by Crippen LogP contribution is -2.41. The topological polar surface area (TPSA) is 88.8 Å². The van der Waals surface area contributed by atoms with Gasteiger partial charge in [-0.3, -0.25) is 9.36 Å². The van der Waals surface area contributed by atoms with E-state index in [4.69, 9.17) is 25.8 Å². The summed E-state index contributed by atoms with van der Waals surface area (Å²) < 4.78 is 71.1. The van der Waals surface area contributed by atoms with Crippen molar-refractivity contribution in [1.82, 2.24) is 9.13 Å². The van der Waals surface area contributed by atoms with Gasteiger partial charge in [0.1, 0.15) is 17.3 Å². The molecule has 202 valence electrons. The Kier molecular flexibility index (Phi) is 7.81. The van der Waals surface area contributed by atoms with Crippen molar-refractivity contribution < 1.29 is 36.6 Å². The van der Waals surface area contributed by atoms with E-state index in [1.54, 1.807) is 12.1 Å². The van der Waals surface area contributed by atoms with Gasteiger partial charge in [-0.05, 0) is 37.0 Å². The molecule has 1 heterocycles. The number of rotatable bonds is 8. The second kappa shape index (κ2) is 10.9. The van der Waals surface area contributed by atoms with Crippen LogP contribution in [0.15, 0.2) is 52.1 Å². The van der Waals surface area contributed by atoms with Crippen molar-refractivity contribution in [2.45, 2.75) is 25.4 Å². The van der Waals surface area contributed by atoms with E-state index >= 15 is 0 Å². The molecule has 0 amide bonds. The maximum atomic E-state index is 14.8. The Bertz CT molecular complexity index is 1480. The first-order valence-corrected chi connectivity index (χ1v) is 11.8. The van der Waals surface area contributed by atoms with Gasteiger partial charge < -0.3 is 14.2 Å². The van der Waals surface area contributed by atoms with Gasteiger partial charge in [-0.15, -0.1) is 0 Å². The molecule has 0 aliphatic heterocycles. The van der Waals surface area contributed by atoms with Gasteiger partial charge in [0.05, 0.1) is 17.3 Å². The molecule has 0 bridgehead atoms. The van der Waals surface area contributed by atoms with Crippen LogP contribution in [0, 0.1) is 11.7 Å². The summed E-state index contributed by atoms with van der Waals surface area (Å²) in [6.45, 7) is -0.0937. The number of alkyl halides is 3. The van der Waals surface area contributed by atoms with Crippen LogP contribution in [0.1, 0.15) is 25.0 Å². The molecule has 8 nitrogen and oxygen atoms in total. The Morgan fingerprint density at radius 2 is 1.76 bits per heavy atom. The van der Waals surface area contributed by atoms with E-state index in [0.29, 0.717) is 12.5 Å². The monoisotopic (exact) mass is 556 g/mol. The van der Waals surface area contributed by atoms with Gasteiger partial charge in [-0.25, -0.2) is 18.5 Å². The number of carbonyl (C=O) groups is 1. The van der Waals surface area contributed by atoms with Crippen LogP contribution in [0.2, 0.25) is 5.02 Å². The molecule has 1 aliphatic carbocycles. The van der Waals surface area contributed by atoms with Gasteiger partial charge in [-0.2, -0.15) is 13.2 Å². The van der Waals surface area contributed by atoms with Crippen molar-refractivity contribution in [3.63, 3.8) is 0 Å². The number of halogens is 5. The molecule has 4 rings (SSSR count). The van der Waals surface area contributed by atoms with Crippen molar-refractivity contribution in [2.24, 2.45) is 13.0 Å². The van der Waals surface area contributed by atoms with Crippen molar-refractivity contribution in [1.29, 1.82) is 0 Å². The number of aromatic nitrogens is 2. The Balaban J connectivity index is 1.61. The highest BCUT2D eigenvalue weighted by atomic mass is 35.5. The summed E-state index contributed by atoms with van der Waals surface area (Å²) in [7, 11) is 0.803. The summed E-state index contributed by atoms with van der Waals surface area (Å²) in [5.41, 5.74) is -5.01. The van der Waals surface area contributed by atoms with E-state index in [-0.39, 0.29) is 37.5 Å². The Labute approximate surface area is 217 Å². The fourth-order valence-corrected chi connectivity index (χ4v) is 3.90. The van der Waals surface area contributed by atoms with E-state index in [2.05, 4.69) is 0 Å². The molecule has 38 heavy (non-hydrogen) atoms. The van der Waals surface area contributed by atoms with Crippen molar-refractivity contribution in [2.75, 3.05) is 13.2 Å². The largest absolute Gasteiger partial charge is 0.478 e. The Hall–Kier alpha value is -3.80. The minimum atomic E-state index is -4.98. The summed E-state index contributed by atoms with van der Waals surface area (Å²) in [5, 5.41) is -0.266. The minimum absolute atomic E-state index is 0.0476. The van der Waals surface area contributed by atoms with Crippen LogP contribution >= 0.6 is 11.6 Å². The van der Waals surface area contributed by atoms with Crippen LogP contribution in [0.25, 0.3) is 5.69 Å². The molecule has 0 radical (unpaired) electrons. The third-order valence-corrected chi connectivity index (χ3v) is 6.27. The average Bonchev–Trinajstić information content (AvgIpc) is 2.81. The van der Waals surface area contributed by atoms with E-state index < -0.39 is 47.2 Å². The fourth-order valence-electron chi connectivity index (χ4n) is 3.71. The van der Waals surface area contributed by atoms with Crippen molar-refractivity contribution >= 4 is 17.6 Å². The maximum absolute atomic E-state index is 14.8. The summed E-state index contributed by atoms with van der Waals surface area (Å²) in [5.74, 6) is -1.45. The van der Waals surface area contributed by atoms with Crippen LogP contribution in [0.3, 0.4) is 0 Å². The van der Waals surface area contributed by atoms with Crippen molar-refractivity contribution in [3.05, 3.63) is 79.8 Å². The zero-order chi connectivity index (χ0) is 27.6. The molecule has 0 unspecified atom stereocenters. The summed E-state index contributed by atoms with van der Waals surface area (Å²) in [6, 6.07) is 7.95. The molecule has 13 heteroatoms. The van der Waals surface area contributed by atoms with E-state index in [9.17, 15) is 31.9 Å². The Morgan fingerprint density at radius 3 is 2.39 bits per heavy atom. The number of esters is 1. The smallest absolute Gasteiger partial charge is 0.431 e. The number of hydrogen-bond donors (Lipinski definition) is 0. The van der Waals surface area contributed by atoms with Gasteiger partial charge >= 0.3 is 17.8 Å². The zero-order valence-corrected chi connectivity index (χ0v) is 20.6. The molecule has 0 spiro atoms. The lowest BCUT2D eigenvalue weighted by molar-refractivity contribution is -0.148. The molecular weight excluding hydrogens is 536 g/mol. The van der Waals surface area contributed by atoms with Gasteiger partial charge in [-0.1, -0.05) is 30.2 Å². The molecule has 1 fully saturated rings. The van der Waals surface area contributed by atoms with E-state index in [1.807, 2.05) is 0 Å². The molecule has 0 N–H and O–H groups in total.